The van der Waals surface area contributed by atoms with Crippen molar-refractivity contribution in [2.24, 2.45) is 10.9 Å². The predicted octanol–water partition coefficient (Wildman–Crippen LogP) is 1.99. The lowest BCUT2D eigenvalue weighted by atomic mass is 9.99. The number of fused-ring (bicyclic) bond motifs is 3. The monoisotopic (exact) mass is 437 g/mol. The highest BCUT2D eigenvalue weighted by atomic mass is 127. The van der Waals surface area contributed by atoms with E-state index in [1.165, 1.54) is 58.4 Å². The van der Waals surface area contributed by atoms with E-state index < -0.39 is 0 Å². The number of guanidine groups is 1. The van der Waals surface area contributed by atoms with Crippen molar-refractivity contribution in [1.82, 2.24) is 20.4 Å². The zero-order valence-electron chi connectivity index (χ0n) is 15.2. The number of nitrogens with one attached hydrogen (secondary N) is 2. The van der Waals surface area contributed by atoms with Gasteiger partial charge >= 0.3 is 0 Å². The molecule has 5 nitrogen and oxygen atoms in total. The number of aliphatic imine (C=N–C) groups is 1. The molecule has 0 aromatic heterocycles. The van der Waals surface area contributed by atoms with Crippen LogP contribution in [0, 0.1) is 5.92 Å². The van der Waals surface area contributed by atoms with E-state index in [2.05, 4.69) is 39.3 Å². The van der Waals surface area contributed by atoms with E-state index in [9.17, 15) is 0 Å². The highest BCUT2D eigenvalue weighted by molar-refractivity contribution is 14.0. The highest BCUT2D eigenvalue weighted by Crippen LogP contribution is 2.15. The van der Waals surface area contributed by atoms with Crippen LogP contribution in [0.1, 0.15) is 39.5 Å². The largest absolute Gasteiger partial charge is 0.356 e. The van der Waals surface area contributed by atoms with Crippen LogP contribution >= 0.6 is 24.0 Å². The number of nitrogens with zero attached hydrogens (tertiary/aromatic N) is 3. The zero-order chi connectivity index (χ0) is 15.8. The van der Waals surface area contributed by atoms with Crippen molar-refractivity contribution < 1.29 is 0 Å². The smallest absolute Gasteiger partial charge is 0.191 e. The Morgan fingerprint density at radius 1 is 1.17 bits per heavy atom. The van der Waals surface area contributed by atoms with Gasteiger partial charge in [-0.1, -0.05) is 33.1 Å². The second-order valence-electron chi connectivity index (χ2n) is 6.74. The standard InChI is InChI=1S/C17H35N5.HI/c1-4-6-7-15(5-2)12-19-17(18-3)20-13-16-14-21-8-10-22(16)11-9-21;/h15-16H,4-14H2,1-3H3,(H2,18,19,20);1H. The van der Waals surface area contributed by atoms with Crippen LogP contribution in [-0.2, 0) is 0 Å². The lowest BCUT2D eigenvalue weighted by Gasteiger charge is -2.47. The number of halogens is 1. The molecule has 2 bridgehead atoms. The maximum Gasteiger partial charge on any atom is 0.191 e. The fourth-order valence-corrected chi connectivity index (χ4v) is 3.54. The minimum absolute atomic E-state index is 0. The van der Waals surface area contributed by atoms with E-state index in [0.29, 0.717) is 6.04 Å². The van der Waals surface area contributed by atoms with Gasteiger partial charge in [-0.2, -0.15) is 0 Å². The summed E-state index contributed by atoms with van der Waals surface area (Å²) in [5.74, 6) is 1.73. The van der Waals surface area contributed by atoms with Crippen LogP contribution in [0.25, 0.3) is 0 Å². The molecule has 3 rings (SSSR count). The summed E-state index contributed by atoms with van der Waals surface area (Å²) in [6.07, 6.45) is 5.19. The molecule has 3 aliphatic heterocycles. The first-order valence-corrected chi connectivity index (χ1v) is 9.17. The van der Waals surface area contributed by atoms with Crippen LogP contribution in [0.2, 0.25) is 0 Å². The van der Waals surface area contributed by atoms with Gasteiger partial charge in [0.15, 0.2) is 5.96 Å². The quantitative estimate of drug-likeness (QED) is 0.346. The maximum atomic E-state index is 4.38. The van der Waals surface area contributed by atoms with Gasteiger partial charge in [-0.25, -0.2) is 0 Å². The van der Waals surface area contributed by atoms with Gasteiger partial charge in [0, 0.05) is 58.9 Å². The molecule has 3 heterocycles. The number of piperazine rings is 3. The molecule has 3 saturated heterocycles. The van der Waals surface area contributed by atoms with Crippen LogP contribution in [0.15, 0.2) is 4.99 Å². The minimum Gasteiger partial charge on any atom is -0.356 e. The zero-order valence-corrected chi connectivity index (χ0v) is 17.5. The summed E-state index contributed by atoms with van der Waals surface area (Å²) in [4.78, 5) is 9.59. The Bertz CT molecular complexity index is 342. The van der Waals surface area contributed by atoms with E-state index in [1.807, 2.05) is 7.05 Å². The van der Waals surface area contributed by atoms with E-state index in [-0.39, 0.29) is 24.0 Å². The van der Waals surface area contributed by atoms with Crippen molar-refractivity contribution in [1.29, 1.82) is 0 Å². The Hall–Kier alpha value is -0.0800. The van der Waals surface area contributed by atoms with Crippen molar-refractivity contribution in [3.8, 4) is 0 Å². The van der Waals surface area contributed by atoms with Crippen molar-refractivity contribution in [3.63, 3.8) is 0 Å². The Kier molecular flexibility index (Phi) is 10.5. The Morgan fingerprint density at radius 3 is 2.43 bits per heavy atom. The van der Waals surface area contributed by atoms with Gasteiger partial charge in [0.1, 0.15) is 0 Å². The van der Waals surface area contributed by atoms with Gasteiger partial charge in [0.2, 0.25) is 0 Å². The summed E-state index contributed by atoms with van der Waals surface area (Å²) in [6, 6.07) is 0.642. The summed E-state index contributed by atoms with van der Waals surface area (Å²) >= 11 is 0. The third kappa shape index (κ3) is 6.74. The summed E-state index contributed by atoms with van der Waals surface area (Å²) in [6.45, 7) is 12.8. The SMILES string of the molecule is CCCCC(CC)CNC(=NC)NCC1CN2CCN1CC2.I. The van der Waals surface area contributed by atoms with Crippen molar-refractivity contribution in [3.05, 3.63) is 0 Å². The van der Waals surface area contributed by atoms with Crippen molar-refractivity contribution in [2.75, 3.05) is 52.9 Å². The molecule has 0 aromatic carbocycles. The Labute approximate surface area is 159 Å². The van der Waals surface area contributed by atoms with Crippen LogP contribution < -0.4 is 10.6 Å². The summed E-state index contributed by atoms with van der Waals surface area (Å²) < 4.78 is 0. The Morgan fingerprint density at radius 2 is 1.91 bits per heavy atom. The van der Waals surface area contributed by atoms with Crippen molar-refractivity contribution >= 4 is 29.9 Å². The van der Waals surface area contributed by atoms with Gasteiger partial charge in [-0.05, 0) is 12.3 Å². The van der Waals surface area contributed by atoms with E-state index in [0.717, 1.165) is 25.0 Å². The second-order valence-corrected chi connectivity index (χ2v) is 6.74. The lowest BCUT2D eigenvalue weighted by molar-refractivity contribution is 0.0154. The molecule has 2 N–H and O–H groups in total. The molecular formula is C17H36IN5. The summed E-state index contributed by atoms with van der Waals surface area (Å²) in [5.41, 5.74) is 0. The van der Waals surface area contributed by atoms with E-state index in [4.69, 9.17) is 0 Å². The fourth-order valence-electron chi connectivity index (χ4n) is 3.54. The molecule has 2 atom stereocenters. The molecule has 6 heteroatoms. The summed E-state index contributed by atoms with van der Waals surface area (Å²) in [5, 5.41) is 7.05. The minimum atomic E-state index is 0. The van der Waals surface area contributed by atoms with Gasteiger partial charge < -0.3 is 10.6 Å². The van der Waals surface area contributed by atoms with Gasteiger partial charge in [-0.3, -0.25) is 14.8 Å². The first kappa shape index (κ1) is 21.0. The topological polar surface area (TPSA) is 42.9 Å². The molecule has 0 radical (unpaired) electrons. The van der Waals surface area contributed by atoms with Gasteiger partial charge in [0.05, 0.1) is 0 Å². The maximum absolute atomic E-state index is 4.38. The van der Waals surface area contributed by atoms with Crippen molar-refractivity contribution in [2.45, 2.75) is 45.6 Å². The van der Waals surface area contributed by atoms with E-state index >= 15 is 0 Å². The van der Waals surface area contributed by atoms with Crippen LogP contribution in [0.3, 0.4) is 0 Å². The molecule has 3 aliphatic rings. The molecule has 0 spiro atoms. The fraction of sp³-hybridized carbons (Fsp3) is 0.941. The normalized spacial score (nSPS) is 28.1. The molecular weight excluding hydrogens is 401 g/mol. The average Bonchev–Trinajstić information content (AvgIpc) is 2.58. The molecule has 0 aliphatic carbocycles. The number of hydrogen-bond acceptors (Lipinski definition) is 3. The second kappa shape index (κ2) is 11.5. The summed E-state index contributed by atoms with van der Waals surface area (Å²) in [7, 11) is 1.87. The molecule has 3 fully saturated rings. The molecule has 2 unspecified atom stereocenters. The average molecular weight is 437 g/mol. The molecule has 0 saturated carbocycles. The van der Waals surface area contributed by atoms with Crippen LogP contribution in [0.5, 0.6) is 0 Å². The first-order chi connectivity index (χ1) is 10.8. The molecule has 0 amide bonds. The number of hydrogen-bond donors (Lipinski definition) is 2. The van der Waals surface area contributed by atoms with Crippen LogP contribution in [-0.4, -0.2) is 74.7 Å². The molecule has 0 aromatic rings. The third-order valence-corrected chi connectivity index (χ3v) is 5.22. The third-order valence-electron chi connectivity index (χ3n) is 5.22. The number of rotatable bonds is 8. The van der Waals surface area contributed by atoms with Crippen LogP contribution in [0.4, 0.5) is 0 Å². The first-order valence-electron chi connectivity index (χ1n) is 9.17. The predicted molar refractivity (Wildman–Crippen MR) is 110 cm³/mol. The van der Waals surface area contributed by atoms with E-state index in [1.54, 1.807) is 0 Å². The number of unbranched alkanes of at least 4 members (excludes halogenated alkanes) is 1. The van der Waals surface area contributed by atoms with Gasteiger partial charge in [-0.15, -0.1) is 24.0 Å². The molecule has 136 valence electrons. The molecule has 23 heavy (non-hydrogen) atoms. The highest BCUT2D eigenvalue weighted by Gasteiger charge is 2.31. The lowest BCUT2D eigenvalue weighted by Crippen LogP contribution is -2.63. The Balaban J connectivity index is 0.00000264. The van der Waals surface area contributed by atoms with Gasteiger partial charge in [0.25, 0.3) is 0 Å².